The summed E-state index contributed by atoms with van der Waals surface area (Å²) in [6.07, 6.45) is 3.44. The summed E-state index contributed by atoms with van der Waals surface area (Å²) in [4.78, 5) is 21.0. The van der Waals surface area contributed by atoms with Crippen LogP contribution in [0.15, 0.2) is 48.8 Å². The number of esters is 1. The minimum Gasteiger partial charge on any atom is -0.462 e. The molecule has 4 heteroatoms. The largest absolute Gasteiger partial charge is 0.462 e. The van der Waals surface area contributed by atoms with E-state index in [0.717, 1.165) is 22.0 Å². The zero-order valence-electron chi connectivity index (χ0n) is 12.5. The number of nitrogens with zero attached hydrogens (tertiary/aromatic N) is 2. The van der Waals surface area contributed by atoms with Gasteiger partial charge in [-0.15, -0.1) is 0 Å². The molecular weight excluding hydrogens is 276 g/mol. The van der Waals surface area contributed by atoms with E-state index in [9.17, 15) is 4.79 Å². The summed E-state index contributed by atoms with van der Waals surface area (Å²) in [6, 6.07) is 11.4. The number of carbonyl (C=O) groups excluding carboxylic acids is 1. The highest BCUT2D eigenvalue weighted by Crippen LogP contribution is 2.25. The van der Waals surface area contributed by atoms with Crippen LogP contribution in [-0.4, -0.2) is 22.5 Å². The van der Waals surface area contributed by atoms with Crippen molar-refractivity contribution in [2.75, 3.05) is 6.61 Å². The van der Waals surface area contributed by atoms with Gasteiger partial charge in [0, 0.05) is 23.3 Å². The maximum Gasteiger partial charge on any atom is 0.338 e. The average molecular weight is 292 g/mol. The van der Waals surface area contributed by atoms with Gasteiger partial charge in [0.1, 0.15) is 0 Å². The maximum atomic E-state index is 12.3. The molecule has 1 aromatic carbocycles. The third-order valence-electron chi connectivity index (χ3n) is 3.42. The van der Waals surface area contributed by atoms with Crippen LogP contribution in [0.5, 0.6) is 0 Å². The second kappa shape index (κ2) is 5.93. The van der Waals surface area contributed by atoms with E-state index in [4.69, 9.17) is 4.74 Å². The van der Waals surface area contributed by atoms with E-state index >= 15 is 0 Å². The Morgan fingerprint density at radius 2 is 2.09 bits per heavy atom. The SMILES string of the molecule is CCOC(=O)c1cc(-c2cccnc2)nc2ccc(C)cc12. The molecule has 0 aliphatic heterocycles. The van der Waals surface area contributed by atoms with Crippen molar-refractivity contribution >= 4 is 16.9 Å². The average Bonchev–Trinajstić information content (AvgIpc) is 2.55. The van der Waals surface area contributed by atoms with Crippen molar-refractivity contribution in [3.05, 3.63) is 59.9 Å². The summed E-state index contributed by atoms with van der Waals surface area (Å²) >= 11 is 0. The minimum absolute atomic E-state index is 0.328. The van der Waals surface area contributed by atoms with Crippen molar-refractivity contribution in [2.24, 2.45) is 0 Å². The fourth-order valence-corrected chi connectivity index (χ4v) is 2.38. The Labute approximate surface area is 128 Å². The number of aromatic nitrogens is 2. The lowest BCUT2D eigenvalue weighted by atomic mass is 10.0. The standard InChI is InChI=1S/C18H16N2O2/c1-3-22-18(21)15-10-17(13-5-4-8-19-11-13)20-16-7-6-12(2)9-14(15)16/h4-11H,3H2,1-2H3. The first-order valence-electron chi connectivity index (χ1n) is 7.18. The first-order chi connectivity index (χ1) is 10.7. The number of ether oxygens (including phenoxy) is 1. The van der Waals surface area contributed by atoms with Crippen LogP contribution in [0.4, 0.5) is 0 Å². The van der Waals surface area contributed by atoms with Crippen molar-refractivity contribution in [3.63, 3.8) is 0 Å². The van der Waals surface area contributed by atoms with Crippen molar-refractivity contribution in [3.8, 4) is 11.3 Å². The summed E-state index contributed by atoms with van der Waals surface area (Å²) in [7, 11) is 0. The number of hydrogen-bond donors (Lipinski definition) is 0. The molecule has 0 atom stereocenters. The Morgan fingerprint density at radius 3 is 2.82 bits per heavy atom. The lowest BCUT2D eigenvalue weighted by Crippen LogP contribution is -2.06. The van der Waals surface area contributed by atoms with Crippen LogP contribution in [0, 0.1) is 6.92 Å². The van der Waals surface area contributed by atoms with Crippen LogP contribution in [0.2, 0.25) is 0 Å². The predicted octanol–water partition coefficient (Wildman–Crippen LogP) is 3.78. The van der Waals surface area contributed by atoms with E-state index in [0.29, 0.717) is 17.9 Å². The van der Waals surface area contributed by atoms with Crippen LogP contribution in [0.3, 0.4) is 0 Å². The quantitative estimate of drug-likeness (QED) is 0.689. The summed E-state index contributed by atoms with van der Waals surface area (Å²) in [5, 5.41) is 0.811. The summed E-state index contributed by atoms with van der Waals surface area (Å²) < 4.78 is 5.18. The normalized spacial score (nSPS) is 10.6. The molecule has 22 heavy (non-hydrogen) atoms. The molecule has 0 N–H and O–H groups in total. The van der Waals surface area contributed by atoms with Gasteiger partial charge >= 0.3 is 5.97 Å². The van der Waals surface area contributed by atoms with Crippen molar-refractivity contribution in [2.45, 2.75) is 13.8 Å². The van der Waals surface area contributed by atoms with Gasteiger partial charge in [-0.05, 0) is 44.2 Å². The van der Waals surface area contributed by atoms with Gasteiger partial charge in [-0.1, -0.05) is 11.6 Å². The number of rotatable bonds is 3. The van der Waals surface area contributed by atoms with E-state index in [1.54, 1.807) is 25.4 Å². The highest BCUT2D eigenvalue weighted by molar-refractivity contribution is 6.04. The molecule has 0 aliphatic carbocycles. The van der Waals surface area contributed by atoms with Crippen LogP contribution in [-0.2, 0) is 4.74 Å². The van der Waals surface area contributed by atoms with Gasteiger partial charge in [-0.3, -0.25) is 4.98 Å². The molecule has 0 saturated heterocycles. The number of pyridine rings is 2. The lowest BCUT2D eigenvalue weighted by molar-refractivity contribution is 0.0528. The van der Waals surface area contributed by atoms with Crippen molar-refractivity contribution in [1.29, 1.82) is 0 Å². The Kier molecular flexibility index (Phi) is 3.83. The maximum absolute atomic E-state index is 12.3. The smallest absolute Gasteiger partial charge is 0.338 e. The minimum atomic E-state index is -0.328. The van der Waals surface area contributed by atoms with Crippen LogP contribution in [0.25, 0.3) is 22.2 Å². The van der Waals surface area contributed by atoms with Crippen molar-refractivity contribution < 1.29 is 9.53 Å². The molecular formula is C18H16N2O2. The van der Waals surface area contributed by atoms with Gasteiger partial charge in [0.15, 0.2) is 0 Å². The number of benzene rings is 1. The fraction of sp³-hybridized carbons (Fsp3) is 0.167. The molecule has 3 aromatic rings. The Hall–Kier alpha value is -2.75. The highest BCUT2D eigenvalue weighted by atomic mass is 16.5. The molecule has 0 radical (unpaired) electrons. The molecule has 0 bridgehead atoms. The lowest BCUT2D eigenvalue weighted by Gasteiger charge is -2.10. The highest BCUT2D eigenvalue weighted by Gasteiger charge is 2.15. The zero-order valence-corrected chi connectivity index (χ0v) is 12.5. The second-order valence-electron chi connectivity index (χ2n) is 5.04. The molecule has 110 valence electrons. The topological polar surface area (TPSA) is 52.1 Å². The number of fused-ring (bicyclic) bond motifs is 1. The molecule has 2 heterocycles. The predicted molar refractivity (Wildman–Crippen MR) is 85.7 cm³/mol. The van der Waals surface area contributed by atoms with E-state index < -0.39 is 0 Å². The van der Waals surface area contributed by atoms with Crippen LogP contribution in [0.1, 0.15) is 22.8 Å². The summed E-state index contributed by atoms with van der Waals surface area (Å²) in [6.45, 7) is 4.13. The van der Waals surface area contributed by atoms with Crippen LogP contribution >= 0.6 is 0 Å². The van der Waals surface area contributed by atoms with Gasteiger partial charge < -0.3 is 4.74 Å². The number of aryl methyl sites for hydroxylation is 1. The van der Waals surface area contributed by atoms with E-state index in [-0.39, 0.29) is 5.97 Å². The molecule has 0 fully saturated rings. The zero-order chi connectivity index (χ0) is 15.5. The Bertz CT molecular complexity index is 829. The van der Waals surface area contributed by atoms with Gasteiger partial charge in [-0.25, -0.2) is 9.78 Å². The summed E-state index contributed by atoms with van der Waals surface area (Å²) in [5.41, 5.74) is 3.97. The molecule has 4 nitrogen and oxygen atoms in total. The summed E-state index contributed by atoms with van der Waals surface area (Å²) in [5.74, 6) is -0.328. The molecule has 3 rings (SSSR count). The van der Waals surface area contributed by atoms with Gasteiger partial charge in [0.25, 0.3) is 0 Å². The number of hydrogen-bond acceptors (Lipinski definition) is 4. The fourth-order valence-electron chi connectivity index (χ4n) is 2.38. The Balaban J connectivity index is 2.25. The molecule has 0 aliphatic rings. The van der Waals surface area contributed by atoms with Gasteiger partial charge in [0.2, 0.25) is 0 Å². The third-order valence-corrected chi connectivity index (χ3v) is 3.42. The van der Waals surface area contributed by atoms with E-state index in [1.165, 1.54) is 0 Å². The first kappa shape index (κ1) is 14.2. The third kappa shape index (κ3) is 2.68. The van der Waals surface area contributed by atoms with E-state index in [2.05, 4.69) is 9.97 Å². The van der Waals surface area contributed by atoms with Gasteiger partial charge in [0.05, 0.1) is 23.4 Å². The molecule has 0 unspecified atom stereocenters. The second-order valence-corrected chi connectivity index (χ2v) is 5.04. The monoisotopic (exact) mass is 292 g/mol. The van der Waals surface area contributed by atoms with Crippen LogP contribution < -0.4 is 0 Å². The van der Waals surface area contributed by atoms with E-state index in [1.807, 2.05) is 37.3 Å². The molecule has 0 spiro atoms. The Morgan fingerprint density at radius 1 is 1.23 bits per heavy atom. The van der Waals surface area contributed by atoms with Crippen molar-refractivity contribution in [1.82, 2.24) is 9.97 Å². The molecule has 0 saturated carbocycles. The first-order valence-corrected chi connectivity index (χ1v) is 7.18. The van der Waals surface area contributed by atoms with Gasteiger partial charge in [-0.2, -0.15) is 0 Å². The molecule has 0 amide bonds. The molecule has 2 aromatic heterocycles. The number of carbonyl (C=O) groups is 1.